The zero-order valence-corrected chi connectivity index (χ0v) is 16.3. The Morgan fingerprint density at radius 1 is 1.26 bits per heavy atom. The number of nitrogens with one attached hydrogen (secondary N) is 1. The molecule has 8 heteroatoms. The Morgan fingerprint density at radius 3 is 2.78 bits per heavy atom. The maximum absolute atomic E-state index is 13.3. The van der Waals surface area contributed by atoms with Crippen LogP contribution in [0, 0.1) is 18.8 Å². The molecule has 0 bridgehead atoms. The Labute approximate surface area is 159 Å². The van der Waals surface area contributed by atoms with Crippen LogP contribution in [0.2, 0.25) is 0 Å². The van der Waals surface area contributed by atoms with Crippen molar-refractivity contribution in [2.45, 2.75) is 37.1 Å². The first-order valence-corrected chi connectivity index (χ1v) is 10.7. The minimum absolute atomic E-state index is 0.0742. The number of amides is 1. The zero-order chi connectivity index (χ0) is 19.2. The molecule has 1 saturated carbocycles. The number of piperidine rings is 1. The number of hydrogen-bond donors (Lipinski definition) is 1. The second kappa shape index (κ2) is 6.76. The summed E-state index contributed by atoms with van der Waals surface area (Å²) in [5.41, 5.74) is 1.43. The minimum atomic E-state index is -3.64. The number of carbonyl (C=O) groups is 1. The highest BCUT2D eigenvalue weighted by Gasteiger charge is 2.42. The number of sulfonamides is 1. The molecule has 27 heavy (non-hydrogen) atoms. The van der Waals surface area contributed by atoms with Crippen LogP contribution in [0.4, 0.5) is 0 Å². The van der Waals surface area contributed by atoms with Gasteiger partial charge in [0.05, 0.1) is 10.6 Å². The highest BCUT2D eigenvalue weighted by molar-refractivity contribution is 7.89. The van der Waals surface area contributed by atoms with Gasteiger partial charge < -0.3 is 5.32 Å². The van der Waals surface area contributed by atoms with E-state index in [0.717, 1.165) is 12.8 Å². The Morgan fingerprint density at radius 2 is 2.04 bits per heavy atom. The Kier molecular flexibility index (Phi) is 4.55. The highest BCUT2D eigenvalue weighted by atomic mass is 32.2. The first-order chi connectivity index (χ1) is 12.9. The molecule has 2 fully saturated rings. The molecule has 1 aromatic heterocycles. The summed E-state index contributed by atoms with van der Waals surface area (Å²) in [6.45, 7) is 2.46. The van der Waals surface area contributed by atoms with Gasteiger partial charge in [0.25, 0.3) is 0 Å². The lowest BCUT2D eigenvalue weighted by Gasteiger charge is -2.25. The van der Waals surface area contributed by atoms with Crippen LogP contribution >= 0.6 is 0 Å². The van der Waals surface area contributed by atoms with Gasteiger partial charge in [-0.3, -0.25) is 4.79 Å². The molecule has 2 aromatic rings. The number of nitrogens with zero attached hydrogens (tertiary/aromatic N) is 3. The first-order valence-electron chi connectivity index (χ1n) is 9.21. The largest absolute Gasteiger partial charge is 0.356 e. The van der Waals surface area contributed by atoms with Crippen molar-refractivity contribution < 1.29 is 13.2 Å². The van der Waals surface area contributed by atoms with Crippen LogP contribution in [0.5, 0.6) is 0 Å². The Bertz CT molecular complexity index is 955. The van der Waals surface area contributed by atoms with Crippen molar-refractivity contribution in [3.63, 3.8) is 0 Å². The molecule has 1 aliphatic carbocycles. The van der Waals surface area contributed by atoms with Crippen LogP contribution in [-0.2, 0) is 14.8 Å². The van der Waals surface area contributed by atoms with Crippen molar-refractivity contribution in [3.8, 4) is 5.69 Å². The monoisotopic (exact) mass is 388 g/mol. The standard InChI is InChI=1S/C19H24N4O3S/c1-13-4-5-16(23-7-3-6-21-23)11-18(13)27(25,26)22(2)17-8-14-10-19(24)20-12-15(14)9-17/h3-7,11,14-15,17H,8-10,12H2,1-2H3,(H,20,24)/t14-,15+,17-/m0/s1. The molecule has 0 spiro atoms. The van der Waals surface area contributed by atoms with Gasteiger partial charge in [0, 0.05) is 38.4 Å². The summed E-state index contributed by atoms with van der Waals surface area (Å²) in [6, 6.07) is 7.08. The average molecular weight is 388 g/mol. The van der Waals surface area contributed by atoms with E-state index in [-0.39, 0.29) is 17.9 Å². The van der Waals surface area contributed by atoms with Crippen molar-refractivity contribution in [1.82, 2.24) is 19.4 Å². The molecule has 2 aliphatic rings. The summed E-state index contributed by atoms with van der Waals surface area (Å²) < 4.78 is 29.8. The van der Waals surface area contributed by atoms with Crippen LogP contribution in [-0.4, -0.2) is 48.0 Å². The predicted octanol–water partition coefficient (Wildman–Crippen LogP) is 1.72. The Balaban J connectivity index is 1.61. The summed E-state index contributed by atoms with van der Waals surface area (Å²) in [7, 11) is -1.98. The van der Waals surface area contributed by atoms with Crippen LogP contribution in [0.25, 0.3) is 5.69 Å². The van der Waals surface area contributed by atoms with Gasteiger partial charge in [0.2, 0.25) is 15.9 Å². The van der Waals surface area contributed by atoms with E-state index in [1.54, 1.807) is 36.3 Å². The fraction of sp³-hybridized carbons (Fsp3) is 0.474. The molecule has 1 saturated heterocycles. The number of fused-ring (bicyclic) bond motifs is 1. The van der Waals surface area contributed by atoms with Gasteiger partial charge >= 0.3 is 0 Å². The number of aryl methyl sites for hydroxylation is 1. The van der Waals surface area contributed by atoms with E-state index in [1.165, 1.54) is 4.31 Å². The number of aromatic nitrogens is 2. The molecule has 3 atom stereocenters. The van der Waals surface area contributed by atoms with E-state index in [2.05, 4.69) is 10.4 Å². The van der Waals surface area contributed by atoms with Crippen molar-refractivity contribution in [3.05, 3.63) is 42.2 Å². The molecule has 144 valence electrons. The summed E-state index contributed by atoms with van der Waals surface area (Å²) in [5, 5.41) is 7.09. The number of benzene rings is 1. The quantitative estimate of drug-likeness (QED) is 0.864. The van der Waals surface area contributed by atoms with E-state index < -0.39 is 10.0 Å². The predicted molar refractivity (Wildman–Crippen MR) is 101 cm³/mol. The normalized spacial score (nSPS) is 25.4. The summed E-state index contributed by atoms with van der Waals surface area (Å²) >= 11 is 0. The number of hydrogen-bond acceptors (Lipinski definition) is 4. The fourth-order valence-electron chi connectivity index (χ4n) is 4.31. The van der Waals surface area contributed by atoms with Gasteiger partial charge in [-0.2, -0.15) is 9.40 Å². The lowest BCUT2D eigenvalue weighted by molar-refractivity contribution is -0.124. The number of carbonyl (C=O) groups excluding carboxylic acids is 1. The molecule has 2 heterocycles. The van der Waals surface area contributed by atoms with Crippen molar-refractivity contribution in [2.24, 2.45) is 11.8 Å². The SMILES string of the molecule is Cc1ccc(-n2cccn2)cc1S(=O)(=O)N(C)[C@H]1C[C@H]2CC(=O)NC[C@H]2C1. The van der Waals surface area contributed by atoms with Crippen molar-refractivity contribution in [1.29, 1.82) is 0 Å². The van der Waals surface area contributed by atoms with Crippen LogP contribution < -0.4 is 5.32 Å². The minimum Gasteiger partial charge on any atom is -0.356 e. The van der Waals surface area contributed by atoms with Crippen LogP contribution in [0.3, 0.4) is 0 Å². The number of rotatable bonds is 4. The molecule has 1 amide bonds. The lowest BCUT2D eigenvalue weighted by atomic mass is 9.89. The van der Waals surface area contributed by atoms with Crippen LogP contribution in [0.15, 0.2) is 41.6 Å². The fourth-order valence-corrected chi connectivity index (χ4v) is 5.93. The van der Waals surface area contributed by atoms with Gasteiger partial charge in [-0.1, -0.05) is 6.07 Å². The van der Waals surface area contributed by atoms with Gasteiger partial charge in [-0.25, -0.2) is 13.1 Å². The van der Waals surface area contributed by atoms with Gasteiger partial charge in [-0.05, 0) is 55.4 Å². The second-order valence-corrected chi connectivity index (χ2v) is 9.54. The third-order valence-corrected chi connectivity index (χ3v) is 7.99. The molecule has 0 radical (unpaired) electrons. The van der Waals surface area contributed by atoms with Crippen LogP contribution in [0.1, 0.15) is 24.8 Å². The van der Waals surface area contributed by atoms with E-state index in [0.29, 0.717) is 35.0 Å². The zero-order valence-electron chi connectivity index (χ0n) is 15.5. The molecule has 1 aliphatic heterocycles. The third-order valence-electron chi connectivity index (χ3n) is 5.94. The maximum Gasteiger partial charge on any atom is 0.243 e. The smallest absolute Gasteiger partial charge is 0.243 e. The molecule has 1 aromatic carbocycles. The van der Waals surface area contributed by atoms with Crippen molar-refractivity contribution in [2.75, 3.05) is 13.6 Å². The first kappa shape index (κ1) is 18.2. The Hall–Kier alpha value is -2.19. The molecular weight excluding hydrogens is 364 g/mol. The molecule has 0 unspecified atom stereocenters. The lowest BCUT2D eigenvalue weighted by Crippen LogP contribution is -2.38. The highest BCUT2D eigenvalue weighted by Crippen LogP contribution is 2.39. The molecule has 1 N–H and O–H groups in total. The third kappa shape index (κ3) is 3.27. The van der Waals surface area contributed by atoms with E-state index in [1.807, 2.05) is 19.1 Å². The topological polar surface area (TPSA) is 84.3 Å². The molecule has 4 rings (SSSR count). The van der Waals surface area contributed by atoms with Gasteiger partial charge in [0.1, 0.15) is 0 Å². The van der Waals surface area contributed by atoms with E-state index in [9.17, 15) is 13.2 Å². The summed E-state index contributed by atoms with van der Waals surface area (Å²) in [4.78, 5) is 12.0. The van der Waals surface area contributed by atoms with E-state index >= 15 is 0 Å². The molecular formula is C19H24N4O3S. The maximum atomic E-state index is 13.3. The van der Waals surface area contributed by atoms with Gasteiger partial charge in [-0.15, -0.1) is 0 Å². The van der Waals surface area contributed by atoms with E-state index in [4.69, 9.17) is 0 Å². The second-order valence-electron chi connectivity index (χ2n) is 7.58. The summed E-state index contributed by atoms with van der Waals surface area (Å²) in [6.07, 6.45) is 5.49. The van der Waals surface area contributed by atoms with Crippen molar-refractivity contribution >= 4 is 15.9 Å². The summed E-state index contributed by atoms with van der Waals surface area (Å²) in [5.74, 6) is 0.713. The average Bonchev–Trinajstić information content (AvgIpc) is 3.30. The molecule has 7 nitrogen and oxygen atoms in total. The van der Waals surface area contributed by atoms with Gasteiger partial charge in [0.15, 0.2) is 0 Å².